The summed E-state index contributed by atoms with van der Waals surface area (Å²) in [4.78, 5) is 8.06. The van der Waals surface area contributed by atoms with Gasteiger partial charge in [0.15, 0.2) is 4.87 Å². The van der Waals surface area contributed by atoms with Gasteiger partial charge in [-0.25, -0.2) is 9.97 Å². The quantitative estimate of drug-likeness (QED) is 0.691. The summed E-state index contributed by atoms with van der Waals surface area (Å²) >= 11 is 6.28. The summed E-state index contributed by atoms with van der Waals surface area (Å²) in [6.45, 7) is 1.34. The number of anilines is 1. The fourth-order valence-corrected chi connectivity index (χ4v) is 4.16. The highest BCUT2D eigenvalue weighted by Crippen LogP contribution is 2.49. The fourth-order valence-electron chi connectivity index (χ4n) is 3.90. The predicted molar refractivity (Wildman–Crippen MR) is 112 cm³/mol. The van der Waals surface area contributed by atoms with Crippen LogP contribution in [0.3, 0.4) is 0 Å². The van der Waals surface area contributed by atoms with Crippen molar-refractivity contribution in [2.24, 2.45) is 0 Å². The fraction of sp³-hybridized carbons (Fsp3) is 0.364. The zero-order chi connectivity index (χ0) is 21.2. The van der Waals surface area contributed by atoms with Gasteiger partial charge in [0.1, 0.15) is 0 Å². The molecule has 1 unspecified atom stereocenters. The van der Waals surface area contributed by atoms with Gasteiger partial charge in [-0.3, -0.25) is 0 Å². The molecule has 1 aromatic carbocycles. The van der Waals surface area contributed by atoms with Crippen LogP contribution in [-0.4, -0.2) is 40.1 Å². The Morgan fingerprint density at radius 2 is 1.67 bits per heavy atom. The van der Waals surface area contributed by atoms with Crippen LogP contribution in [0.2, 0.25) is 0 Å². The molecule has 0 saturated carbocycles. The van der Waals surface area contributed by atoms with Gasteiger partial charge in [-0.05, 0) is 36.1 Å². The van der Waals surface area contributed by atoms with E-state index in [1.807, 2.05) is 11.0 Å². The number of nitrogens with one attached hydrogen (secondary N) is 1. The maximum absolute atomic E-state index is 14.0. The van der Waals surface area contributed by atoms with Crippen molar-refractivity contribution in [2.45, 2.75) is 36.4 Å². The van der Waals surface area contributed by atoms with Crippen molar-refractivity contribution in [2.75, 3.05) is 18.0 Å². The Bertz CT molecular complexity index is 922. The largest absolute Gasteiger partial charge is 0.413 e. The SMILES string of the molecule is FC(F)(F)C1(Cl)CC(c2ccccc2)=CC=C1NC1CCN(c2ncccn2)CC1. The van der Waals surface area contributed by atoms with Crippen LogP contribution in [0, 0.1) is 0 Å². The summed E-state index contributed by atoms with van der Waals surface area (Å²) < 4.78 is 42.1. The molecule has 0 radical (unpaired) electrons. The summed E-state index contributed by atoms with van der Waals surface area (Å²) in [6, 6.07) is 10.7. The molecule has 0 spiro atoms. The third-order valence-corrected chi connectivity index (χ3v) is 6.15. The van der Waals surface area contributed by atoms with Crippen LogP contribution in [0.4, 0.5) is 19.1 Å². The van der Waals surface area contributed by atoms with Gasteiger partial charge in [-0.15, -0.1) is 11.6 Å². The Labute approximate surface area is 178 Å². The first-order chi connectivity index (χ1) is 14.4. The lowest BCUT2D eigenvalue weighted by Gasteiger charge is -2.39. The van der Waals surface area contributed by atoms with E-state index < -0.39 is 11.1 Å². The molecular weight excluding hydrogens is 413 g/mol. The number of rotatable bonds is 4. The minimum atomic E-state index is -4.58. The van der Waals surface area contributed by atoms with E-state index >= 15 is 0 Å². The Morgan fingerprint density at radius 3 is 2.30 bits per heavy atom. The molecular formula is C22H22ClF3N4. The monoisotopic (exact) mass is 434 g/mol. The molecule has 1 fully saturated rings. The second kappa shape index (κ2) is 8.30. The predicted octanol–water partition coefficient (Wildman–Crippen LogP) is 4.95. The topological polar surface area (TPSA) is 41.0 Å². The average Bonchev–Trinajstić information content (AvgIpc) is 2.76. The van der Waals surface area contributed by atoms with Gasteiger partial charge < -0.3 is 10.2 Å². The number of hydrogen-bond donors (Lipinski definition) is 1. The number of allylic oxidation sites excluding steroid dienone is 4. The zero-order valence-electron chi connectivity index (χ0n) is 16.2. The van der Waals surface area contributed by atoms with E-state index in [0.717, 1.165) is 5.56 Å². The lowest BCUT2D eigenvalue weighted by atomic mass is 9.85. The highest BCUT2D eigenvalue weighted by molar-refractivity contribution is 6.27. The zero-order valence-corrected chi connectivity index (χ0v) is 17.0. The van der Waals surface area contributed by atoms with Crippen LogP contribution >= 0.6 is 11.6 Å². The minimum Gasteiger partial charge on any atom is -0.384 e. The normalized spacial score (nSPS) is 23.0. The molecule has 158 valence electrons. The molecule has 1 aromatic heterocycles. The lowest BCUT2D eigenvalue weighted by molar-refractivity contribution is -0.153. The summed E-state index contributed by atoms with van der Waals surface area (Å²) in [6.07, 6.45) is 3.04. The maximum atomic E-state index is 14.0. The van der Waals surface area contributed by atoms with Crippen molar-refractivity contribution in [3.63, 3.8) is 0 Å². The maximum Gasteiger partial charge on any atom is 0.413 e. The summed E-state index contributed by atoms with van der Waals surface area (Å²) in [7, 11) is 0. The first kappa shape index (κ1) is 20.7. The van der Waals surface area contributed by atoms with Crippen LogP contribution in [0.1, 0.15) is 24.8 Å². The van der Waals surface area contributed by atoms with Gasteiger partial charge in [-0.1, -0.05) is 36.4 Å². The second-order valence-electron chi connectivity index (χ2n) is 7.57. The third-order valence-electron chi connectivity index (χ3n) is 5.60. The molecule has 8 heteroatoms. The Hall–Kier alpha value is -2.54. The first-order valence-corrected chi connectivity index (χ1v) is 10.3. The van der Waals surface area contributed by atoms with E-state index in [-0.39, 0.29) is 18.2 Å². The number of alkyl halides is 4. The number of halogens is 4. The number of nitrogens with zero attached hydrogens (tertiary/aromatic N) is 3. The van der Waals surface area contributed by atoms with E-state index in [0.29, 0.717) is 37.5 Å². The molecule has 4 nitrogen and oxygen atoms in total. The van der Waals surface area contributed by atoms with Crippen molar-refractivity contribution in [3.8, 4) is 0 Å². The number of hydrogen-bond acceptors (Lipinski definition) is 4. The van der Waals surface area contributed by atoms with Gasteiger partial charge >= 0.3 is 6.18 Å². The van der Waals surface area contributed by atoms with E-state index in [4.69, 9.17) is 11.6 Å². The summed E-state index contributed by atoms with van der Waals surface area (Å²) in [5.74, 6) is 0.644. The standard InChI is InChI=1S/C22H22ClF3N4/c23-21(22(24,25)26)15-17(16-5-2-1-3-6-16)7-8-19(21)29-18-9-13-30(14-10-18)20-27-11-4-12-28-20/h1-8,11-12,18,29H,9-10,13-15H2. The molecule has 0 amide bonds. The van der Waals surface area contributed by atoms with E-state index in [1.165, 1.54) is 6.08 Å². The van der Waals surface area contributed by atoms with E-state index in [1.54, 1.807) is 48.8 Å². The van der Waals surface area contributed by atoms with E-state index in [9.17, 15) is 13.2 Å². The van der Waals surface area contributed by atoms with Crippen LogP contribution in [0.5, 0.6) is 0 Å². The van der Waals surface area contributed by atoms with Crippen molar-refractivity contribution in [3.05, 3.63) is 72.2 Å². The van der Waals surface area contributed by atoms with Crippen LogP contribution in [-0.2, 0) is 0 Å². The van der Waals surface area contributed by atoms with Gasteiger partial charge in [0.05, 0.1) is 0 Å². The molecule has 2 aliphatic rings. The van der Waals surface area contributed by atoms with Crippen molar-refractivity contribution >= 4 is 23.1 Å². The molecule has 1 atom stereocenters. The molecule has 4 rings (SSSR count). The molecule has 1 saturated heterocycles. The van der Waals surface area contributed by atoms with Crippen molar-refractivity contribution in [1.29, 1.82) is 0 Å². The lowest BCUT2D eigenvalue weighted by Crippen LogP contribution is -2.51. The third kappa shape index (κ3) is 4.17. The van der Waals surface area contributed by atoms with Crippen LogP contribution in [0.25, 0.3) is 5.57 Å². The molecule has 1 N–H and O–H groups in total. The molecule has 30 heavy (non-hydrogen) atoms. The van der Waals surface area contributed by atoms with Crippen molar-refractivity contribution < 1.29 is 13.2 Å². The minimum absolute atomic E-state index is 0.0192. The van der Waals surface area contributed by atoms with Gasteiger partial charge in [0.25, 0.3) is 0 Å². The molecule has 2 aromatic rings. The van der Waals surface area contributed by atoms with Crippen LogP contribution < -0.4 is 10.2 Å². The van der Waals surface area contributed by atoms with E-state index in [2.05, 4.69) is 15.3 Å². The average molecular weight is 435 g/mol. The highest BCUT2D eigenvalue weighted by Gasteiger charge is 2.57. The number of benzene rings is 1. The highest BCUT2D eigenvalue weighted by atomic mass is 35.5. The number of aromatic nitrogens is 2. The van der Waals surface area contributed by atoms with Crippen molar-refractivity contribution in [1.82, 2.24) is 15.3 Å². The first-order valence-electron chi connectivity index (χ1n) is 9.88. The van der Waals surface area contributed by atoms with Crippen LogP contribution in [0.15, 0.2) is 66.6 Å². The summed E-state index contributed by atoms with van der Waals surface area (Å²) in [5, 5.41) is 3.10. The summed E-state index contributed by atoms with van der Waals surface area (Å²) in [5.41, 5.74) is 1.34. The Morgan fingerprint density at radius 1 is 1.00 bits per heavy atom. The van der Waals surface area contributed by atoms with Gasteiger partial charge in [-0.2, -0.15) is 13.2 Å². The molecule has 1 aliphatic heterocycles. The molecule has 2 heterocycles. The Balaban J connectivity index is 1.50. The Kier molecular flexibility index (Phi) is 5.73. The number of piperidine rings is 1. The van der Waals surface area contributed by atoms with Gasteiger partial charge in [0, 0.05) is 43.6 Å². The van der Waals surface area contributed by atoms with Gasteiger partial charge in [0.2, 0.25) is 5.95 Å². The molecule has 0 bridgehead atoms. The smallest absolute Gasteiger partial charge is 0.384 e. The second-order valence-corrected chi connectivity index (χ2v) is 8.21. The molecule has 1 aliphatic carbocycles.